The summed E-state index contributed by atoms with van der Waals surface area (Å²) in [6.07, 6.45) is 2.95. The van der Waals surface area contributed by atoms with Gasteiger partial charge in [-0.3, -0.25) is 9.59 Å². The lowest BCUT2D eigenvalue weighted by Crippen LogP contribution is -2.40. The predicted molar refractivity (Wildman–Crippen MR) is 58.4 cm³/mol. The van der Waals surface area contributed by atoms with E-state index < -0.39 is 11.4 Å². The first-order chi connectivity index (χ1) is 8.08. The highest BCUT2D eigenvalue weighted by molar-refractivity contribution is 6.04. The van der Waals surface area contributed by atoms with Gasteiger partial charge < -0.3 is 14.7 Å². The van der Waals surface area contributed by atoms with Crippen LogP contribution in [0.15, 0.2) is 0 Å². The summed E-state index contributed by atoms with van der Waals surface area (Å²) in [5.74, 6) is -1.13. The number of nitrogens with zero attached hydrogens (tertiary/aromatic N) is 1. The third kappa shape index (κ3) is 1.56. The number of amides is 1. The van der Waals surface area contributed by atoms with Crippen LogP contribution in [0.5, 0.6) is 0 Å². The van der Waals surface area contributed by atoms with E-state index in [4.69, 9.17) is 9.84 Å². The lowest BCUT2D eigenvalue weighted by Gasteiger charge is -2.24. The average Bonchev–Trinajstić information content (AvgIpc) is 2.84. The second-order valence-corrected chi connectivity index (χ2v) is 5.67. The van der Waals surface area contributed by atoms with Crippen molar-refractivity contribution in [2.45, 2.75) is 25.7 Å². The first kappa shape index (κ1) is 11.0. The highest BCUT2D eigenvalue weighted by atomic mass is 16.5. The maximum atomic E-state index is 12.2. The molecule has 1 N–H and O–H groups in total. The molecule has 0 unspecified atom stereocenters. The quantitative estimate of drug-likeness (QED) is 0.712. The number of ether oxygens (including phenoxy) is 1. The van der Waals surface area contributed by atoms with Crippen molar-refractivity contribution in [3.63, 3.8) is 0 Å². The van der Waals surface area contributed by atoms with E-state index in [2.05, 4.69) is 0 Å². The second kappa shape index (κ2) is 3.45. The molecule has 5 heteroatoms. The van der Waals surface area contributed by atoms with Gasteiger partial charge in [0, 0.05) is 25.1 Å². The van der Waals surface area contributed by atoms with Gasteiger partial charge in [-0.1, -0.05) is 0 Å². The Morgan fingerprint density at radius 1 is 1.18 bits per heavy atom. The third-order valence-corrected chi connectivity index (χ3v) is 4.48. The minimum absolute atomic E-state index is 0.115. The summed E-state index contributed by atoms with van der Waals surface area (Å²) >= 11 is 0. The Balaban J connectivity index is 1.71. The van der Waals surface area contributed by atoms with Crippen LogP contribution >= 0.6 is 0 Å². The van der Waals surface area contributed by atoms with Crippen molar-refractivity contribution in [3.8, 4) is 0 Å². The van der Waals surface area contributed by atoms with E-state index in [1.807, 2.05) is 0 Å². The molecular weight excluding hydrogens is 222 g/mol. The highest BCUT2D eigenvalue weighted by Gasteiger charge is 2.60. The largest absolute Gasteiger partial charge is 0.480 e. The van der Waals surface area contributed by atoms with E-state index >= 15 is 0 Å². The zero-order valence-corrected chi connectivity index (χ0v) is 9.78. The molecule has 0 aromatic heterocycles. The molecule has 94 valence electrons. The van der Waals surface area contributed by atoms with Crippen LogP contribution in [0.25, 0.3) is 0 Å². The van der Waals surface area contributed by atoms with Gasteiger partial charge in [-0.05, 0) is 25.7 Å². The van der Waals surface area contributed by atoms with Crippen LogP contribution in [0, 0.1) is 10.8 Å². The van der Waals surface area contributed by atoms with Crippen molar-refractivity contribution in [3.05, 3.63) is 0 Å². The SMILES string of the molecule is O=C(O)C1(C(=O)N2CC[C@@]3(CCOC3)C2)CC1. The Bertz CT molecular complexity index is 369. The van der Waals surface area contributed by atoms with Gasteiger partial charge >= 0.3 is 5.97 Å². The summed E-state index contributed by atoms with van der Waals surface area (Å²) in [4.78, 5) is 25.1. The molecule has 0 bridgehead atoms. The van der Waals surface area contributed by atoms with Gasteiger partial charge in [0.1, 0.15) is 5.41 Å². The molecule has 0 aromatic rings. The molecule has 5 nitrogen and oxygen atoms in total. The number of carbonyl (C=O) groups is 2. The van der Waals surface area contributed by atoms with Gasteiger partial charge in [-0.2, -0.15) is 0 Å². The summed E-state index contributed by atoms with van der Waals surface area (Å²) in [6, 6.07) is 0. The standard InChI is InChI=1S/C12H17NO4/c14-9(12(1-2-12)10(15)16)13-5-3-11(7-13)4-6-17-8-11/h1-8H2,(H,15,16)/t11-/m1/s1. The van der Waals surface area contributed by atoms with E-state index in [0.29, 0.717) is 25.9 Å². The molecule has 1 spiro atoms. The van der Waals surface area contributed by atoms with Crippen LogP contribution in [0.4, 0.5) is 0 Å². The fourth-order valence-corrected chi connectivity index (χ4v) is 3.03. The molecule has 0 aromatic carbocycles. The maximum Gasteiger partial charge on any atom is 0.319 e. The average molecular weight is 239 g/mol. The van der Waals surface area contributed by atoms with Crippen molar-refractivity contribution in [2.75, 3.05) is 26.3 Å². The van der Waals surface area contributed by atoms with Crippen LogP contribution in [0.2, 0.25) is 0 Å². The van der Waals surface area contributed by atoms with E-state index in [0.717, 1.165) is 26.1 Å². The van der Waals surface area contributed by atoms with Crippen molar-refractivity contribution >= 4 is 11.9 Å². The minimum Gasteiger partial charge on any atom is -0.480 e. The molecule has 17 heavy (non-hydrogen) atoms. The molecule has 2 heterocycles. The number of carbonyl (C=O) groups excluding carboxylic acids is 1. The zero-order chi connectivity index (χ0) is 12.1. The van der Waals surface area contributed by atoms with E-state index in [1.165, 1.54) is 0 Å². The second-order valence-electron chi connectivity index (χ2n) is 5.67. The highest BCUT2D eigenvalue weighted by Crippen LogP contribution is 2.49. The number of carboxylic acids is 1. The van der Waals surface area contributed by atoms with Gasteiger partial charge in [-0.15, -0.1) is 0 Å². The Hall–Kier alpha value is -1.10. The third-order valence-electron chi connectivity index (χ3n) is 4.48. The Morgan fingerprint density at radius 2 is 1.94 bits per heavy atom. The van der Waals surface area contributed by atoms with Crippen LogP contribution in [-0.4, -0.2) is 48.2 Å². The van der Waals surface area contributed by atoms with Crippen LogP contribution < -0.4 is 0 Å². The monoisotopic (exact) mass is 239 g/mol. The van der Waals surface area contributed by atoms with Crippen molar-refractivity contribution < 1.29 is 19.4 Å². The number of likely N-dealkylation sites (tertiary alicyclic amines) is 1. The molecule has 1 aliphatic carbocycles. The maximum absolute atomic E-state index is 12.2. The number of aliphatic carboxylic acids is 1. The summed E-state index contributed by atoms with van der Waals surface area (Å²) in [5.41, 5.74) is -0.963. The van der Waals surface area contributed by atoms with Gasteiger partial charge in [0.2, 0.25) is 5.91 Å². The fourth-order valence-electron chi connectivity index (χ4n) is 3.03. The Labute approximate surface area is 99.7 Å². The first-order valence-corrected chi connectivity index (χ1v) is 6.19. The molecule has 1 saturated carbocycles. The Morgan fingerprint density at radius 3 is 2.47 bits per heavy atom. The number of hydrogen-bond donors (Lipinski definition) is 1. The van der Waals surface area contributed by atoms with Gasteiger partial charge in [0.15, 0.2) is 0 Å². The molecule has 2 saturated heterocycles. The topological polar surface area (TPSA) is 66.8 Å². The van der Waals surface area contributed by atoms with Crippen LogP contribution in [0.1, 0.15) is 25.7 Å². The normalized spacial score (nSPS) is 34.2. The smallest absolute Gasteiger partial charge is 0.319 e. The van der Waals surface area contributed by atoms with Crippen LogP contribution in [-0.2, 0) is 14.3 Å². The van der Waals surface area contributed by atoms with Crippen LogP contribution in [0.3, 0.4) is 0 Å². The lowest BCUT2D eigenvalue weighted by molar-refractivity contribution is -0.153. The lowest BCUT2D eigenvalue weighted by atomic mass is 9.87. The van der Waals surface area contributed by atoms with Gasteiger partial charge in [0.25, 0.3) is 0 Å². The first-order valence-electron chi connectivity index (χ1n) is 6.19. The molecule has 0 radical (unpaired) electrons. The Kier molecular flexibility index (Phi) is 2.23. The van der Waals surface area contributed by atoms with E-state index in [-0.39, 0.29) is 11.3 Å². The number of rotatable bonds is 2. The molecule has 1 amide bonds. The summed E-state index contributed by atoms with van der Waals surface area (Å²) in [5, 5.41) is 9.12. The minimum atomic E-state index is -1.08. The number of hydrogen-bond acceptors (Lipinski definition) is 3. The van der Waals surface area contributed by atoms with E-state index in [1.54, 1.807) is 4.90 Å². The summed E-state index contributed by atoms with van der Waals surface area (Å²) in [6.45, 7) is 2.86. The van der Waals surface area contributed by atoms with Crippen molar-refractivity contribution in [2.24, 2.45) is 10.8 Å². The van der Waals surface area contributed by atoms with Gasteiger partial charge in [-0.25, -0.2) is 0 Å². The molecular formula is C12H17NO4. The molecule has 1 atom stereocenters. The molecule has 2 aliphatic heterocycles. The number of carboxylic acid groups (broad SMARTS) is 1. The summed E-state index contributed by atoms with van der Waals surface area (Å²) in [7, 11) is 0. The fraction of sp³-hybridized carbons (Fsp3) is 0.833. The van der Waals surface area contributed by atoms with Gasteiger partial charge in [0.05, 0.1) is 6.61 Å². The molecule has 3 rings (SSSR count). The van der Waals surface area contributed by atoms with Crippen molar-refractivity contribution in [1.82, 2.24) is 4.90 Å². The zero-order valence-electron chi connectivity index (χ0n) is 9.78. The van der Waals surface area contributed by atoms with Crippen molar-refractivity contribution in [1.29, 1.82) is 0 Å². The summed E-state index contributed by atoms with van der Waals surface area (Å²) < 4.78 is 5.40. The molecule has 3 aliphatic rings. The molecule has 3 fully saturated rings. The predicted octanol–water partition coefficient (Wildman–Crippen LogP) is 0.490. The van der Waals surface area contributed by atoms with E-state index in [9.17, 15) is 9.59 Å².